The highest BCUT2D eigenvalue weighted by Crippen LogP contribution is 2.09. The van der Waals surface area contributed by atoms with Crippen LogP contribution in [0.2, 0.25) is 0 Å². The summed E-state index contributed by atoms with van der Waals surface area (Å²) in [7, 11) is 0. The van der Waals surface area contributed by atoms with Crippen LogP contribution in [0.15, 0.2) is 0 Å². The second-order valence-corrected chi connectivity index (χ2v) is 2.56. The molecule has 0 aliphatic heterocycles. The fourth-order valence-corrected chi connectivity index (χ4v) is 0.734. The van der Waals surface area contributed by atoms with Gasteiger partial charge in [-0.3, -0.25) is 0 Å². The lowest BCUT2D eigenvalue weighted by Crippen LogP contribution is -1.90. The smallest absolute Gasteiger partial charge is 0.0621 e. The molecule has 0 aromatic heterocycles. The summed E-state index contributed by atoms with van der Waals surface area (Å²) in [5.41, 5.74) is 0. The largest absolute Gasteiger partial charge is 0.198 e. The molecule has 0 heterocycles. The molecule has 0 spiro atoms. The quantitative estimate of drug-likeness (QED) is 0.530. The van der Waals surface area contributed by atoms with Gasteiger partial charge in [0.1, 0.15) is 0 Å². The molecular weight excluding hydrogens is 110 g/mol. The van der Waals surface area contributed by atoms with Gasteiger partial charge < -0.3 is 0 Å². The molecule has 0 aromatic carbocycles. The molecule has 0 saturated heterocycles. The van der Waals surface area contributed by atoms with E-state index in [0.29, 0.717) is 0 Å². The monoisotopic (exact) mass is 125 g/mol. The molecule has 0 radical (unpaired) electrons. The highest BCUT2D eigenvalue weighted by atomic mass is 14.2. The predicted octanol–water partition coefficient (Wildman–Crippen LogP) is 2.73. The highest BCUT2D eigenvalue weighted by molar-refractivity contribution is 4.68. The van der Waals surface area contributed by atoms with Crippen LogP contribution in [0.25, 0.3) is 0 Å². The molecule has 1 atom stereocenters. The number of hydrogen-bond acceptors (Lipinski definition) is 1. The maximum Gasteiger partial charge on any atom is 0.0621 e. The molecule has 1 nitrogen and oxygen atoms in total. The average molecular weight is 125 g/mol. The number of unbranched alkanes of at least 4 members (excludes halogenated alkanes) is 1. The second-order valence-electron chi connectivity index (χ2n) is 2.56. The van der Waals surface area contributed by atoms with E-state index in [4.69, 9.17) is 5.26 Å². The Kier molecular flexibility index (Phi) is 5.30. The summed E-state index contributed by atoms with van der Waals surface area (Å²) in [5.74, 6) is 0.804. The van der Waals surface area contributed by atoms with Gasteiger partial charge in [-0.15, -0.1) is 0 Å². The molecule has 1 heteroatoms. The SMILES string of the molecule is CC[C@H](C)CCCC#N. The van der Waals surface area contributed by atoms with E-state index in [1.807, 2.05) is 0 Å². The van der Waals surface area contributed by atoms with Crippen molar-refractivity contribution < 1.29 is 0 Å². The summed E-state index contributed by atoms with van der Waals surface area (Å²) >= 11 is 0. The summed E-state index contributed by atoms with van der Waals surface area (Å²) in [4.78, 5) is 0. The third-order valence-corrected chi connectivity index (χ3v) is 1.68. The van der Waals surface area contributed by atoms with Gasteiger partial charge >= 0.3 is 0 Å². The molecule has 0 unspecified atom stereocenters. The Balaban J connectivity index is 2.99. The third-order valence-electron chi connectivity index (χ3n) is 1.68. The Hall–Kier alpha value is -0.510. The average Bonchev–Trinajstić information content (AvgIpc) is 1.89. The molecule has 0 aliphatic carbocycles. The van der Waals surface area contributed by atoms with Crippen molar-refractivity contribution in [2.24, 2.45) is 5.92 Å². The Bertz CT molecular complexity index is 91.2. The van der Waals surface area contributed by atoms with Crippen LogP contribution in [0, 0.1) is 17.2 Å². The van der Waals surface area contributed by atoms with Crippen molar-refractivity contribution in [1.29, 1.82) is 5.26 Å². The zero-order valence-corrected chi connectivity index (χ0v) is 6.35. The Morgan fingerprint density at radius 1 is 1.56 bits per heavy atom. The van der Waals surface area contributed by atoms with Crippen molar-refractivity contribution in [2.75, 3.05) is 0 Å². The molecule has 0 aliphatic rings. The van der Waals surface area contributed by atoms with Crippen molar-refractivity contribution in [1.82, 2.24) is 0 Å². The molecule has 0 N–H and O–H groups in total. The van der Waals surface area contributed by atoms with Gasteiger partial charge in [0, 0.05) is 6.42 Å². The first-order chi connectivity index (χ1) is 4.31. The Labute approximate surface area is 57.7 Å². The molecule has 0 aromatic rings. The summed E-state index contributed by atoms with van der Waals surface area (Å²) in [6.45, 7) is 4.43. The van der Waals surface area contributed by atoms with Gasteiger partial charge in [0.2, 0.25) is 0 Å². The predicted molar refractivity (Wildman–Crippen MR) is 38.9 cm³/mol. The van der Waals surface area contributed by atoms with E-state index in [0.717, 1.165) is 18.8 Å². The summed E-state index contributed by atoms with van der Waals surface area (Å²) in [6, 6.07) is 2.15. The number of nitrogens with zero attached hydrogens (tertiary/aromatic N) is 1. The Morgan fingerprint density at radius 3 is 2.67 bits per heavy atom. The van der Waals surface area contributed by atoms with Crippen molar-refractivity contribution in [3.63, 3.8) is 0 Å². The first kappa shape index (κ1) is 8.49. The molecule has 0 amide bonds. The van der Waals surface area contributed by atoms with Gasteiger partial charge in [-0.05, 0) is 18.8 Å². The summed E-state index contributed by atoms with van der Waals surface area (Å²) in [6.07, 6.45) is 4.26. The zero-order chi connectivity index (χ0) is 7.11. The van der Waals surface area contributed by atoms with Crippen molar-refractivity contribution in [3.05, 3.63) is 0 Å². The fraction of sp³-hybridized carbons (Fsp3) is 0.875. The van der Waals surface area contributed by atoms with E-state index in [2.05, 4.69) is 19.9 Å². The van der Waals surface area contributed by atoms with Crippen molar-refractivity contribution in [3.8, 4) is 6.07 Å². The first-order valence-electron chi connectivity index (χ1n) is 3.68. The van der Waals surface area contributed by atoms with Gasteiger partial charge in [-0.2, -0.15) is 5.26 Å². The topological polar surface area (TPSA) is 23.8 Å². The molecule has 9 heavy (non-hydrogen) atoms. The fourth-order valence-electron chi connectivity index (χ4n) is 0.734. The lowest BCUT2D eigenvalue weighted by molar-refractivity contribution is 0.499. The number of hydrogen-bond donors (Lipinski definition) is 0. The van der Waals surface area contributed by atoms with Gasteiger partial charge in [0.05, 0.1) is 6.07 Å². The van der Waals surface area contributed by atoms with Crippen LogP contribution in [0.4, 0.5) is 0 Å². The molecule has 0 rings (SSSR count). The summed E-state index contributed by atoms with van der Waals surface area (Å²) in [5, 5.41) is 8.20. The molecule has 0 bridgehead atoms. The van der Waals surface area contributed by atoms with Crippen LogP contribution < -0.4 is 0 Å². The molecule has 0 saturated carbocycles. The van der Waals surface area contributed by atoms with Crippen LogP contribution in [-0.4, -0.2) is 0 Å². The van der Waals surface area contributed by atoms with Crippen molar-refractivity contribution >= 4 is 0 Å². The van der Waals surface area contributed by atoms with E-state index < -0.39 is 0 Å². The number of nitriles is 1. The van der Waals surface area contributed by atoms with E-state index in [9.17, 15) is 0 Å². The normalized spacial score (nSPS) is 12.6. The van der Waals surface area contributed by atoms with Gasteiger partial charge in [-0.1, -0.05) is 20.3 Å². The van der Waals surface area contributed by atoms with Gasteiger partial charge in [-0.25, -0.2) is 0 Å². The highest BCUT2D eigenvalue weighted by Gasteiger charge is 1.96. The summed E-state index contributed by atoms with van der Waals surface area (Å²) < 4.78 is 0. The standard InChI is InChI=1S/C8H15N/c1-3-8(2)6-4-5-7-9/h8H,3-6H2,1-2H3/t8-/m0/s1. The minimum Gasteiger partial charge on any atom is -0.198 e. The number of rotatable bonds is 4. The van der Waals surface area contributed by atoms with Crippen molar-refractivity contribution in [2.45, 2.75) is 39.5 Å². The van der Waals surface area contributed by atoms with Crippen LogP contribution >= 0.6 is 0 Å². The lowest BCUT2D eigenvalue weighted by Gasteiger charge is -2.03. The second kappa shape index (κ2) is 5.62. The minimum absolute atomic E-state index is 0.727. The molecule has 52 valence electrons. The van der Waals surface area contributed by atoms with Crippen LogP contribution in [-0.2, 0) is 0 Å². The van der Waals surface area contributed by atoms with E-state index in [-0.39, 0.29) is 0 Å². The van der Waals surface area contributed by atoms with Crippen LogP contribution in [0.5, 0.6) is 0 Å². The first-order valence-corrected chi connectivity index (χ1v) is 3.68. The molecular formula is C8H15N. The van der Waals surface area contributed by atoms with Gasteiger partial charge in [0.15, 0.2) is 0 Å². The van der Waals surface area contributed by atoms with Gasteiger partial charge in [0.25, 0.3) is 0 Å². The maximum atomic E-state index is 8.20. The zero-order valence-electron chi connectivity index (χ0n) is 6.35. The van der Waals surface area contributed by atoms with E-state index in [1.165, 1.54) is 12.8 Å². The molecule has 0 fully saturated rings. The van der Waals surface area contributed by atoms with E-state index in [1.54, 1.807) is 0 Å². The van der Waals surface area contributed by atoms with Crippen LogP contribution in [0.1, 0.15) is 39.5 Å². The Morgan fingerprint density at radius 2 is 2.22 bits per heavy atom. The minimum atomic E-state index is 0.727. The maximum absolute atomic E-state index is 8.20. The third kappa shape index (κ3) is 5.36. The van der Waals surface area contributed by atoms with Crippen LogP contribution in [0.3, 0.4) is 0 Å². The lowest BCUT2D eigenvalue weighted by atomic mass is 10.0. The van der Waals surface area contributed by atoms with E-state index >= 15 is 0 Å².